The number of aliphatic hydroxyl groups excluding tert-OH is 1. The van der Waals surface area contributed by atoms with E-state index in [1.807, 2.05) is 0 Å². The first-order valence-electron chi connectivity index (χ1n) is 5.92. The van der Waals surface area contributed by atoms with E-state index in [0.717, 1.165) is 19.5 Å². The first-order chi connectivity index (χ1) is 6.80. The molecule has 1 fully saturated rings. The molecule has 3 unspecified atom stereocenters. The Kier molecular flexibility index (Phi) is 4.15. The van der Waals surface area contributed by atoms with Crippen LogP contribution in [0, 0.1) is 5.41 Å². The molecule has 1 saturated heterocycles. The maximum absolute atomic E-state index is 9.43. The Balaban J connectivity index is 2.38. The first kappa shape index (κ1) is 12.9. The topological polar surface area (TPSA) is 35.5 Å². The van der Waals surface area contributed by atoms with Crippen molar-refractivity contribution in [2.24, 2.45) is 5.41 Å². The van der Waals surface area contributed by atoms with Gasteiger partial charge < -0.3 is 15.3 Å². The molecule has 15 heavy (non-hydrogen) atoms. The number of rotatable bonds is 3. The SMILES string of the molecule is CC(N(C)CC1CC(O)CN1)C(C)(C)C. The molecule has 0 aromatic heterocycles. The molecule has 1 aliphatic rings. The summed E-state index contributed by atoms with van der Waals surface area (Å²) in [5, 5.41) is 12.8. The minimum atomic E-state index is -0.145. The second-order valence-corrected chi connectivity index (χ2v) is 5.98. The van der Waals surface area contributed by atoms with Crippen LogP contribution in [0.15, 0.2) is 0 Å². The number of β-amino-alcohol motifs (C(OH)–C–C–N with tert-alkyl or cyclic N) is 1. The Bertz CT molecular complexity index is 200. The lowest BCUT2D eigenvalue weighted by Crippen LogP contribution is -2.45. The van der Waals surface area contributed by atoms with Crippen LogP contribution < -0.4 is 5.32 Å². The summed E-state index contributed by atoms with van der Waals surface area (Å²) < 4.78 is 0. The molecule has 1 heterocycles. The van der Waals surface area contributed by atoms with Crippen LogP contribution in [0.1, 0.15) is 34.1 Å². The average molecular weight is 214 g/mol. The Morgan fingerprint density at radius 2 is 2.07 bits per heavy atom. The van der Waals surface area contributed by atoms with Crippen molar-refractivity contribution in [2.75, 3.05) is 20.1 Å². The Hall–Kier alpha value is -0.120. The molecular formula is C12H26N2O. The van der Waals surface area contributed by atoms with Crippen molar-refractivity contribution in [1.82, 2.24) is 10.2 Å². The monoisotopic (exact) mass is 214 g/mol. The predicted molar refractivity (Wildman–Crippen MR) is 64.0 cm³/mol. The highest BCUT2D eigenvalue weighted by Crippen LogP contribution is 2.23. The number of aliphatic hydroxyl groups is 1. The van der Waals surface area contributed by atoms with Gasteiger partial charge in [0.25, 0.3) is 0 Å². The van der Waals surface area contributed by atoms with Gasteiger partial charge in [0.05, 0.1) is 6.10 Å². The fraction of sp³-hybridized carbons (Fsp3) is 1.00. The third-order valence-corrected chi connectivity index (χ3v) is 3.62. The molecule has 3 nitrogen and oxygen atoms in total. The number of hydrogen-bond donors (Lipinski definition) is 2. The zero-order valence-electron chi connectivity index (χ0n) is 10.7. The summed E-state index contributed by atoms with van der Waals surface area (Å²) in [6.07, 6.45) is 0.745. The van der Waals surface area contributed by atoms with Crippen molar-refractivity contribution in [3.63, 3.8) is 0 Å². The van der Waals surface area contributed by atoms with Gasteiger partial charge in [-0.1, -0.05) is 20.8 Å². The highest BCUT2D eigenvalue weighted by atomic mass is 16.3. The highest BCUT2D eigenvalue weighted by Gasteiger charge is 2.28. The van der Waals surface area contributed by atoms with Crippen LogP contribution in [0.25, 0.3) is 0 Å². The van der Waals surface area contributed by atoms with Crippen molar-refractivity contribution in [2.45, 2.75) is 52.3 Å². The summed E-state index contributed by atoms with van der Waals surface area (Å²) in [5.74, 6) is 0. The van der Waals surface area contributed by atoms with Crippen LogP contribution in [0.3, 0.4) is 0 Å². The smallest absolute Gasteiger partial charge is 0.0680 e. The fourth-order valence-electron chi connectivity index (χ4n) is 2.10. The van der Waals surface area contributed by atoms with Crippen molar-refractivity contribution < 1.29 is 5.11 Å². The van der Waals surface area contributed by atoms with Crippen LogP contribution in [-0.4, -0.2) is 48.3 Å². The number of likely N-dealkylation sites (N-methyl/N-ethyl adjacent to an activating group) is 1. The molecule has 2 N–H and O–H groups in total. The van der Waals surface area contributed by atoms with Crippen LogP contribution in [0.5, 0.6) is 0 Å². The molecule has 0 aromatic rings. The summed E-state index contributed by atoms with van der Waals surface area (Å²) in [5.41, 5.74) is 0.311. The van der Waals surface area contributed by atoms with E-state index in [2.05, 4.69) is 45.0 Å². The fourth-order valence-corrected chi connectivity index (χ4v) is 2.10. The third kappa shape index (κ3) is 3.74. The van der Waals surface area contributed by atoms with Crippen LogP contribution in [0.2, 0.25) is 0 Å². The maximum Gasteiger partial charge on any atom is 0.0680 e. The van der Waals surface area contributed by atoms with E-state index in [1.54, 1.807) is 0 Å². The highest BCUT2D eigenvalue weighted by molar-refractivity contribution is 4.86. The minimum absolute atomic E-state index is 0.145. The average Bonchev–Trinajstić information content (AvgIpc) is 2.48. The van der Waals surface area contributed by atoms with E-state index in [9.17, 15) is 5.11 Å². The molecule has 3 heteroatoms. The maximum atomic E-state index is 9.43. The zero-order chi connectivity index (χ0) is 11.6. The van der Waals surface area contributed by atoms with E-state index in [-0.39, 0.29) is 6.10 Å². The van der Waals surface area contributed by atoms with Gasteiger partial charge in [0.2, 0.25) is 0 Å². The van der Waals surface area contributed by atoms with Crippen LogP contribution >= 0.6 is 0 Å². The normalized spacial score (nSPS) is 29.8. The number of nitrogens with one attached hydrogen (secondary N) is 1. The molecule has 90 valence electrons. The quantitative estimate of drug-likeness (QED) is 0.738. The molecule has 1 rings (SSSR count). The second-order valence-electron chi connectivity index (χ2n) is 5.98. The largest absolute Gasteiger partial charge is 0.392 e. The zero-order valence-corrected chi connectivity index (χ0v) is 10.7. The van der Waals surface area contributed by atoms with Crippen molar-refractivity contribution >= 4 is 0 Å². The van der Waals surface area contributed by atoms with Gasteiger partial charge in [0.1, 0.15) is 0 Å². The van der Waals surface area contributed by atoms with Gasteiger partial charge in [-0.25, -0.2) is 0 Å². The van der Waals surface area contributed by atoms with Gasteiger partial charge in [-0.15, -0.1) is 0 Å². The second kappa shape index (κ2) is 4.81. The van der Waals surface area contributed by atoms with E-state index in [4.69, 9.17) is 0 Å². The molecule has 1 aliphatic heterocycles. The number of nitrogens with zero attached hydrogens (tertiary/aromatic N) is 1. The minimum Gasteiger partial charge on any atom is -0.392 e. The van der Waals surface area contributed by atoms with E-state index in [0.29, 0.717) is 17.5 Å². The van der Waals surface area contributed by atoms with Gasteiger partial charge in [0.15, 0.2) is 0 Å². The molecule has 0 radical (unpaired) electrons. The van der Waals surface area contributed by atoms with Gasteiger partial charge in [-0.3, -0.25) is 0 Å². The molecular weight excluding hydrogens is 188 g/mol. The summed E-state index contributed by atoms with van der Waals surface area (Å²) in [4.78, 5) is 2.38. The lowest BCUT2D eigenvalue weighted by atomic mass is 9.87. The molecule has 0 aliphatic carbocycles. The summed E-state index contributed by atoms with van der Waals surface area (Å²) in [7, 11) is 2.17. The third-order valence-electron chi connectivity index (χ3n) is 3.62. The molecule has 0 aromatic carbocycles. The van der Waals surface area contributed by atoms with Gasteiger partial charge in [-0.05, 0) is 25.8 Å². The van der Waals surface area contributed by atoms with Crippen LogP contribution in [0.4, 0.5) is 0 Å². The van der Waals surface area contributed by atoms with E-state index < -0.39 is 0 Å². The summed E-state index contributed by atoms with van der Waals surface area (Å²) >= 11 is 0. The van der Waals surface area contributed by atoms with Crippen LogP contribution in [-0.2, 0) is 0 Å². The van der Waals surface area contributed by atoms with Gasteiger partial charge >= 0.3 is 0 Å². The lowest BCUT2D eigenvalue weighted by molar-refractivity contribution is 0.128. The van der Waals surface area contributed by atoms with Gasteiger partial charge in [-0.2, -0.15) is 0 Å². The molecule has 0 amide bonds. The Morgan fingerprint density at radius 3 is 2.47 bits per heavy atom. The molecule has 0 saturated carbocycles. The van der Waals surface area contributed by atoms with Crippen molar-refractivity contribution in [1.29, 1.82) is 0 Å². The summed E-state index contributed by atoms with van der Waals surface area (Å²) in [6.45, 7) is 10.9. The first-order valence-corrected chi connectivity index (χ1v) is 5.92. The Labute approximate surface area is 93.9 Å². The van der Waals surface area contributed by atoms with Crippen molar-refractivity contribution in [3.05, 3.63) is 0 Å². The van der Waals surface area contributed by atoms with E-state index in [1.165, 1.54) is 0 Å². The molecule has 0 spiro atoms. The molecule has 3 atom stereocenters. The Morgan fingerprint density at radius 1 is 1.47 bits per heavy atom. The molecule has 0 bridgehead atoms. The summed E-state index contributed by atoms with van der Waals surface area (Å²) in [6, 6.07) is 1.01. The van der Waals surface area contributed by atoms with Crippen molar-refractivity contribution in [3.8, 4) is 0 Å². The standard InChI is InChI=1S/C12H26N2O/c1-9(12(2,3)4)14(5)8-10-6-11(15)7-13-10/h9-11,13,15H,6-8H2,1-5H3. The van der Waals surface area contributed by atoms with E-state index >= 15 is 0 Å². The predicted octanol–water partition coefficient (Wildman–Crippen LogP) is 1.08. The van der Waals surface area contributed by atoms with Gasteiger partial charge in [0, 0.05) is 25.2 Å². The number of hydrogen-bond acceptors (Lipinski definition) is 3. The lowest BCUT2D eigenvalue weighted by Gasteiger charge is -2.36.